The van der Waals surface area contributed by atoms with Crippen LogP contribution >= 0.6 is 0 Å². The number of rotatable bonds is 4. The first kappa shape index (κ1) is 15.5. The van der Waals surface area contributed by atoms with Crippen molar-refractivity contribution in [2.45, 2.75) is 65.1 Å². The molecule has 2 rings (SSSR count). The summed E-state index contributed by atoms with van der Waals surface area (Å²) in [6.07, 6.45) is 3.67. The first-order chi connectivity index (χ1) is 9.50. The van der Waals surface area contributed by atoms with Gasteiger partial charge in [0.05, 0.1) is 5.60 Å². The van der Waals surface area contributed by atoms with Gasteiger partial charge in [0.1, 0.15) is 6.10 Å². The standard InChI is InChI=1S/C18H28O2/c1-5-20-18(11-9-13(2)10-12-18)17(19)16-8-6-7-14(3)15(16)4/h6-8,13,17,19H,5,9-12H2,1-4H3. The molecule has 112 valence electrons. The molecule has 0 bridgehead atoms. The first-order valence-electron chi connectivity index (χ1n) is 7.88. The van der Waals surface area contributed by atoms with Crippen LogP contribution in [0.15, 0.2) is 18.2 Å². The number of aliphatic hydroxyl groups is 1. The summed E-state index contributed by atoms with van der Waals surface area (Å²) in [5.74, 6) is 0.745. The fourth-order valence-corrected chi connectivity index (χ4v) is 3.39. The second-order valence-corrected chi connectivity index (χ2v) is 6.37. The van der Waals surface area contributed by atoms with Gasteiger partial charge in [0.25, 0.3) is 0 Å². The largest absolute Gasteiger partial charge is 0.385 e. The third-order valence-corrected chi connectivity index (χ3v) is 4.99. The van der Waals surface area contributed by atoms with Crippen LogP contribution in [0.5, 0.6) is 0 Å². The van der Waals surface area contributed by atoms with E-state index in [1.165, 1.54) is 11.1 Å². The fourth-order valence-electron chi connectivity index (χ4n) is 3.39. The van der Waals surface area contributed by atoms with E-state index in [2.05, 4.69) is 26.8 Å². The quantitative estimate of drug-likeness (QED) is 0.887. The Hall–Kier alpha value is -0.860. The first-order valence-corrected chi connectivity index (χ1v) is 7.88. The maximum absolute atomic E-state index is 11.0. The Labute approximate surface area is 123 Å². The van der Waals surface area contributed by atoms with Gasteiger partial charge in [0.15, 0.2) is 0 Å². The van der Waals surface area contributed by atoms with Crippen molar-refractivity contribution >= 4 is 0 Å². The van der Waals surface area contributed by atoms with E-state index in [-0.39, 0.29) is 5.60 Å². The van der Waals surface area contributed by atoms with Crippen LogP contribution in [-0.4, -0.2) is 17.3 Å². The number of benzene rings is 1. The molecule has 1 saturated carbocycles. The average Bonchev–Trinajstić information content (AvgIpc) is 2.44. The van der Waals surface area contributed by atoms with Crippen LogP contribution in [0.1, 0.15) is 62.3 Å². The molecular formula is C18H28O2. The molecule has 0 heterocycles. The van der Waals surface area contributed by atoms with Crippen LogP contribution in [0.25, 0.3) is 0 Å². The zero-order valence-corrected chi connectivity index (χ0v) is 13.3. The number of aliphatic hydroxyl groups excluding tert-OH is 1. The molecule has 1 N–H and O–H groups in total. The van der Waals surface area contributed by atoms with E-state index in [0.717, 1.165) is 37.2 Å². The molecule has 1 aromatic rings. The summed E-state index contributed by atoms with van der Waals surface area (Å²) < 4.78 is 6.08. The molecule has 1 aromatic carbocycles. The molecule has 1 fully saturated rings. The maximum Gasteiger partial charge on any atom is 0.108 e. The number of aryl methyl sites for hydroxylation is 1. The van der Waals surface area contributed by atoms with E-state index in [0.29, 0.717) is 6.61 Å². The van der Waals surface area contributed by atoms with Crippen LogP contribution in [0.4, 0.5) is 0 Å². The second-order valence-electron chi connectivity index (χ2n) is 6.37. The van der Waals surface area contributed by atoms with E-state index >= 15 is 0 Å². The zero-order valence-electron chi connectivity index (χ0n) is 13.3. The molecule has 0 amide bonds. The lowest BCUT2D eigenvalue weighted by Gasteiger charge is -2.43. The third-order valence-electron chi connectivity index (χ3n) is 4.99. The van der Waals surface area contributed by atoms with Crippen LogP contribution < -0.4 is 0 Å². The van der Waals surface area contributed by atoms with Crippen molar-refractivity contribution in [1.82, 2.24) is 0 Å². The summed E-state index contributed by atoms with van der Waals surface area (Å²) in [6, 6.07) is 6.18. The van der Waals surface area contributed by atoms with Crippen molar-refractivity contribution in [2.24, 2.45) is 5.92 Å². The molecular weight excluding hydrogens is 248 g/mol. The van der Waals surface area contributed by atoms with Gasteiger partial charge in [-0.1, -0.05) is 25.1 Å². The molecule has 0 aromatic heterocycles. The molecule has 2 heteroatoms. The molecule has 1 aliphatic carbocycles. The van der Waals surface area contributed by atoms with Crippen LogP contribution in [-0.2, 0) is 4.74 Å². The van der Waals surface area contributed by atoms with Crippen molar-refractivity contribution in [3.63, 3.8) is 0 Å². The van der Waals surface area contributed by atoms with Gasteiger partial charge in [-0.2, -0.15) is 0 Å². The van der Waals surface area contributed by atoms with Gasteiger partial charge in [-0.3, -0.25) is 0 Å². The zero-order chi connectivity index (χ0) is 14.8. The lowest BCUT2D eigenvalue weighted by Crippen LogP contribution is -2.43. The van der Waals surface area contributed by atoms with Gasteiger partial charge in [-0.25, -0.2) is 0 Å². The van der Waals surface area contributed by atoms with E-state index in [1.54, 1.807) is 0 Å². The maximum atomic E-state index is 11.0. The molecule has 20 heavy (non-hydrogen) atoms. The second kappa shape index (κ2) is 6.28. The summed E-state index contributed by atoms with van der Waals surface area (Å²) in [5, 5.41) is 11.0. The molecule has 0 aliphatic heterocycles. The van der Waals surface area contributed by atoms with Crippen molar-refractivity contribution in [1.29, 1.82) is 0 Å². The van der Waals surface area contributed by atoms with Gasteiger partial charge < -0.3 is 9.84 Å². The summed E-state index contributed by atoms with van der Waals surface area (Å²) in [5.41, 5.74) is 3.07. The van der Waals surface area contributed by atoms with Gasteiger partial charge in [0, 0.05) is 6.61 Å². The molecule has 0 radical (unpaired) electrons. The summed E-state index contributed by atoms with van der Waals surface area (Å²) >= 11 is 0. The third kappa shape index (κ3) is 2.91. The predicted octanol–water partition coefficient (Wildman–Crippen LogP) is 4.32. The van der Waals surface area contributed by atoms with Gasteiger partial charge >= 0.3 is 0 Å². The molecule has 2 nitrogen and oxygen atoms in total. The van der Waals surface area contributed by atoms with Crippen molar-refractivity contribution in [2.75, 3.05) is 6.61 Å². The highest BCUT2D eigenvalue weighted by Crippen LogP contribution is 2.44. The van der Waals surface area contributed by atoms with Gasteiger partial charge in [-0.05, 0) is 69.1 Å². The number of hydrogen-bond donors (Lipinski definition) is 1. The lowest BCUT2D eigenvalue weighted by atomic mass is 9.74. The van der Waals surface area contributed by atoms with Crippen LogP contribution in [0.3, 0.4) is 0 Å². The highest BCUT2D eigenvalue weighted by atomic mass is 16.5. The fraction of sp³-hybridized carbons (Fsp3) is 0.667. The van der Waals surface area contributed by atoms with Gasteiger partial charge in [-0.15, -0.1) is 0 Å². The average molecular weight is 276 g/mol. The van der Waals surface area contributed by atoms with Gasteiger partial charge in [0.2, 0.25) is 0 Å². The monoisotopic (exact) mass is 276 g/mol. The van der Waals surface area contributed by atoms with Crippen molar-refractivity contribution in [3.8, 4) is 0 Å². The summed E-state index contributed by atoms with van der Waals surface area (Å²) in [7, 11) is 0. The van der Waals surface area contributed by atoms with Crippen LogP contribution in [0.2, 0.25) is 0 Å². The van der Waals surface area contributed by atoms with Crippen molar-refractivity contribution in [3.05, 3.63) is 34.9 Å². The Kier molecular flexibility index (Phi) is 4.87. The highest BCUT2D eigenvalue weighted by Gasteiger charge is 2.42. The number of ether oxygens (including phenoxy) is 1. The molecule has 0 saturated heterocycles. The smallest absolute Gasteiger partial charge is 0.108 e. The van der Waals surface area contributed by atoms with E-state index < -0.39 is 6.10 Å². The van der Waals surface area contributed by atoms with E-state index in [9.17, 15) is 5.11 Å². The number of hydrogen-bond acceptors (Lipinski definition) is 2. The Bertz CT molecular complexity index is 445. The van der Waals surface area contributed by atoms with Crippen molar-refractivity contribution < 1.29 is 9.84 Å². The lowest BCUT2D eigenvalue weighted by molar-refractivity contribution is -0.146. The molecule has 1 unspecified atom stereocenters. The SMILES string of the molecule is CCOC1(C(O)c2cccc(C)c2C)CCC(C)CC1. The van der Waals surface area contributed by atoms with Crippen LogP contribution in [0, 0.1) is 19.8 Å². The minimum absolute atomic E-state index is 0.389. The predicted molar refractivity (Wildman–Crippen MR) is 82.9 cm³/mol. The highest BCUT2D eigenvalue weighted by molar-refractivity contribution is 5.36. The molecule has 0 spiro atoms. The Morgan fingerprint density at radius 3 is 2.55 bits per heavy atom. The Balaban J connectivity index is 2.31. The normalized spacial score (nSPS) is 28.4. The Morgan fingerprint density at radius 2 is 1.95 bits per heavy atom. The van der Waals surface area contributed by atoms with E-state index in [1.807, 2.05) is 19.1 Å². The topological polar surface area (TPSA) is 29.5 Å². The molecule has 1 atom stereocenters. The summed E-state index contributed by atoms with van der Waals surface area (Å²) in [6.45, 7) is 9.17. The minimum Gasteiger partial charge on any atom is -0.385 e. The summed E-state index contributed by atoms with van der Waals surface area (Å²) in [4.78, 5) is 0. The van der Waals surface area contributed by atoms with E-state index in [4.69, 9.17) is 4.74 Å². The molecule has 1 aliphatic rings. The minimum atomic E-state index is -0.519. The Morgan fingerprint density at radius 1 is 1.30 bits per heavy atom.